The van der Waals surface area contributed by atoms with Crippen LogP contribution in [0.3, 0.4) is 0 Å². The second-order valence-electron chi connectivity index (χ2n) is 5.21. The summed E-state index contributed by atoms with van der Waals surface area (Å²) in [6.45, 7) is 1.21. The van der Waals surface area contributed by atoms with Gasteiger partial charge in [0.15, 0.2) is 0 Å². The summed E-state index contributed by atoms with van der Waals surface area (Å²) in [7, 11) is 0. The van der Waals surface area contributed by atoms with Crippen LogP contribution in [-0.4, -0.2) is 52.4 Å². The Hall–Kier alpha value is -1.56. The second-order valence-corrected chi connectivity index (χ2v) is 6.12. The number of phenols is 1. The Balaban J connectivity index is 1.74. The van der Waals surface area contributed by atoms with E-state index in [-0.39, 0.29) is 29.7 Å². The van der Waals surface area contributed by atoms with E-state index in [9.17, 15) is 14.7 Å². The summed E-state index contributed by atoms with van der Waals surface area (Å²) in [4.78, 5) is 27.8. The van der Waals surface area contributed by atoms with Gasteiger partial charge >= 0.3 is 0 Å². The van der Waals surface area contributed by atoms with Gasteiger partial charge in [0.25, 0.3) is 5.91 Å². The number of carbonyl (C=O) groups excluding carboxylic acids is 2. The van der Waals surface area contributed by atoms with Gasteiger partial charge in [0.1, 0.15) is 12.3 Å². The van der Waals surface area contributed by atoms with Crippen LogP contribution in [0.1, 0.15) is 23.2 Å². The number of hydrogen-bond acceptors (Lipinski definition) is 3. The minimum Gasteiger partial charge on any atom is -0.507 e. The molecule has 2 aliphatic rings. The monoisotopic (exact) mass is 338 g/mol. The molecule has 0 spiro atoms. The molecule has 3 rings (SSSR count). The van der Waals surface area contributed by atoms with E-state index in [1.807, 2.05) is 4.90 Å². The van der Waals surface area contributed by atoms with Gasteiger partial charge in [-0.15, -0.1) is 0 Å². The number of halogens is 1. The molecule has 0 aromatic heterocycles. The van der Waals surface area contributed by atoms with E-state index in [0.717, 1.165) is 17.3 Å². The molecule has 0 bridgehead atoms. The molecule has 2 amide bonds. The predicted octanol–water partition coefficient (Wildman–Crippen LogP) is 1.60. The molecule has 0 unspecified atom stereocenters. The van der Waals surface area contributed by atoms with Gasteiger partial charge in [-0.1, -0.05) is 15.9 Å². The maximum atomic E-state index is 12.4. The lowest BCUT2D eigenvalue weighted by Gasteiger charge is -2.34. The molecule has 1 aromatic rings. The molecule has 20 heavy (non-hydrogen) atoms. The SMILES string of the molecule is O=C(c1cc(Br)ccc1O)N1CCN(C2CC2)C(=O)C1. The summed E-state index contributed by atoms with van der Waals surface area (Å²) in [6, 6.07) is 5.11. The zero-order valence-corrected chi connectivity index (χ0v) is 12.5. The highest BCUT2D eigenvalue weighted by molar-refractivity contribution is 9.10. The number of rotatable bonds is 2. The maximum absolute atomic E-state index is 12.4. The minimum absolute atomic E-state index is 0.00147. The molecule has 1 aliphatic heterocycles. The second kappa shape index (κ2) is 5.09. The van der Waals surface area contributed by atoms with Crippen molar-refractivity contribution >= 4 is 27.7 Å². The first-order chi connectivity index (χ1) is 9.56. The average molecular weight is 339 g/mol. The highest BCUT2D eigenvalue weighted by Gasteiger charge is 2.37. The summed E-state index contributed by atoms with van der Waals surface area (Å²) in [6.07, 6.45) is 2.15. The fourth-order valence-electron chi connectivity index (χ4n) is 2.48. The zero-order chi connectivity index (χ0) is 14.3. The lowest BCUT2D eigenvalue weighted by Crippen LogP contribution is -2.52. The van der Waals surface area contributed by atoms with Crippen molar-refractivity contribution in [3.63, 3.8) is 0 Å². The molecule has 0 atom stereocenters. The van der Waals surface area contributed by atoms with Crippen LogP contribution in [0.2, 0.25) is 0 Å². The van der Waals surface area contributed by atoms with Crippen molar-refractivity contribution in [2.24, 2.45) is 0 Å². The number of benzene rings is 1. The Morgan fingerprint density at radius 1 is 1.30 bits per heavy atom. The number of amides is 2. The topological polar surface area (TPSA) is 60.9 Å². The van der Waals surface area contributed by atoms with Crippen LogP contribution in [0.15, 0.2) is 22.7 Å². The first kappa shape index (κ1) is 13.4. The van der Waals surface area contributed by atoms with Crippen molar-refractivity contribution in [1.29, 1.82) is 0 Å². The van der Waals surface area contributed by atoms with Crippen LogP contribution in [0.5, 0.6) is 5.75 Å². The summed E-state index contributed by atoms with van der Waals surface area (Å²) < 4.78 is 0.724. The van der Waals surface area contributed by atoms with Gasteiger partial charge in [-0.3, -0.25) is 9.59 Å². The van der Waals surface area contributed by atoms with E-state index in [2.05, 4.69) is 15.9 Å². The molecule has 1 heterocycles. The number of piperazine rings is 1. The third-order valence-electron chi connectivity index (χ3n) is 3.72. The van der Waals surface area contributed by atoms with Gasteiger partial charge in [-0.05, 0) is 31.0 Å². The standard InChI is InChI=1S/C14H15BrN2O3/c15-9-1-4-12(18)11(7-9)14(20)16-5-6-17(10-2-3-10)13(19)8-16/h1,4,7,10,18H,2-3,5-6,8H2. The fourth-order valence-corrected chi connectivity index (χ4v) is 2.84. The summed E-state index contributed by atoms with van der Waals surface area (Å²) in [5.74, 6) is -0.357. The lowest BCUT2D eigenvalue weighted by atomic mass is 10.1. The van der Waals surface area contributed by atoms with Crippen LogP contribution < -0.4 is 0 Å². The van der Waals surface area contributed by atoms with Gasteiger partial charge in [-0.25, -0.2) is 0 Å². The number of nitrogens with zero attached hydrogens (tertiary/aromatic N) is 2. The van der Waals surface area contributed by atoms with Crippen LogP contribution >= 0.6 is 15.9 Å². The summed E-state index contributed by atoms with van der Waals surface area (Å²) in [5, 5.41) is 9.79. The largest absolute Gasteiger partial charge is 0.507 e. The fraction of sp³-hybridized carbons (Fsp3) is 0.429. The normalized spacial score (nSPS) is 19.4. The van der Waals surface area contributed by atoms with E-state index >= 15 is 0 Å². The number of phenolic OH excluding ortho intramolecular Hbond substituents is 1. The Bertz CT molecular complexity index is 572. The maximum Gasteiger partial charge on any atom is 0.258 e. The molecule has 5 nitrogen and oxygen atoms in total. The van der Waals surface area contributed by atoms with Crippen LogP contribution in [-0.2, 0) is 4.79 Å². The van der Waals surface area contributed by atoms with Crippen molar-refractivity contribution < 1.29 is 14.7 Å². The van der Waals surface area contributed by atoms with Crippen molar-refractivity contribution in [3.8, 4) is 5.75 Å². The number of hydrogen-bond donors (Lipinski definition) is 1. The zero-order valence-electron chi connectivity index (χ0n) is 10.9. The van der Waals surface area contributed by atoms with E-state index < -0.39 is 0 Å². The quantitative estimate of drug-likeness (QED) is 0.890. The van der Waals surface area contributed by atoms with Gasteiger partial charge < -0.3 is 14.9 Å². The molecule has 1 saturated heterocycles. The predicted molar refractivity (Wildman–Crippen MR) is 76.4 cm³/mol. The summed E-state index contributed by atoms with van der Waals surface area (Å²) in [5.41, 5.74) is 0.229. The molecule has 1 aliphatic carbocycles. The molecule has 6 heteroatoms. The van der Waals surface area contributed by atoms with Gasteiger partial charge in [0.05, 0.1) is 5.56 Å². The molecule has 1 N–H and O–H groups in total. The molecular formula is C14H15BrN2O3. The smallest absolute Gasteiger partial charge is 0.258 e. The third-order valence-corrected chi connectivity index (χ3v) is 4.21. The van der Waals surface area contributed by atoms with E-state index in [1.54, 1.807) is 12.1 Å². The number of aromatic hydroxyl groups is 1. The minimum atomic E-state index is -0.299. The lowest BCUT2D eigenvalue weighted by molar-refractivity contribution is -0.135. The van der Waals surface area contributed by atoms with Crippen LogP contribution in [0.25, 0.3) is 0 Å². The van der Waals surface area contributed by atoms with E-state index in [0.29, 0.717) is 19.1 Å². The molecular weight excluding hydrogens is 324 g/mol. The van der Waals surface area contributed by atoms with Crippen molar-refractivity contribution in [2.45, 2.75) is 18.9 Å². The Labute approximate surface area is 125 Å². The molecule has 2 fully saturated rings. The Kier molecular flexibility index (Phi) is 3.41. The van der Waals surface area contributed by atoms with Crippen LogP contribution in [0.4, 0.5) is 0 Å². The Morgan fingerprint density at radius 2 is 2.05 bits per heavy atom. The third kappa shape index (κ3) is 2.52. The molecule has 1 aromatic carbocycles. The molecule has 1 saturated carbocycles. The average Bonchev–Trinajstić information content (AvgIpc) is 3.25. The summed E-state index contributed by atoms with van der Waals surface area (Å²) >= 11 is 3.28. The Morgan fingerprint density at radius 3 is 2.70 bits per heavy atom. The van der Waals surface area contributed by atoms with E-state index in [4.69, 9.17) is 0 Å². The number of carbonyl (C=O) groups is 2. The molecule has 0 radical (unpaired) electrons. The highest BCUT2D eigenvalue weighted by Crippen LogP contribution is 2.29. The van der Waals surface area contributed by atoms with Crippen molar-refractivity contribution in [3.05, 3.63) is 28.2 Å². The first-order valence-corrected chi connectivity index (χ1v) is 7.43. The molecule has 106 valence electrons. The van der Waals surface area contributed by atoms with E-state index in [1.165, 1.54) is 11.0 Å². The first-order valence-electron chi connectivity index (χ1n) is 6.63. The van der Waals surface area contributed by atoms with Crippen molar-refractivity contribution in [2.75, 3.05) is 19.6 Å². The van der Waals surface area contributed by atoms with Crippen LogP contribution in [0, 0.1) is 0 Å². The van der Waals surface area contributed by atoms with Gasteiger partial charge in [-0.2, -0.15) is 0 Å². The highest BCUT2D eigenvalue weighted by atomic mass is 79.9. The van der Waals surface area contributed by atoms with Crippen molar-refractivity contribution in [1.82, 2.24) is 9.80 Å². The van der Waals surface area contributed by atoms with Gasteiger partial charge in [0, 0.05) is 23.6 Å². The van der Waals surface area contributed by atoms with Gasteiger partial charge in [0.2, 0.25) is 5.91 Å².